The Morgan fingerprint density at radius 3 is 2.86 bits per heavy atom. The first-order valence-electron chi connectivity index (χ1n) is 7.60. The highest BCUT2D eigenvalue weighted by molar-refractivity contribution is 5.72. The van der Waals surface area contributed by atoms with E-state index in [0.29, 0.717) is 18.3 Å². The minimum Gasteiger partial charge on any atom is -0.408 e. The van der Waals surface area contributed by atoms with Crippen LogP contribution in [0.25, 0.3) is 11.1 Å². The number of hydrogen-bond acceptors (Lipinski definition) is 3. The Labute approximate surface area is 128 Å². The van der Waals surface area contributed by atoms with Crippen LogP contribution in [0.5, 0.6) is 0 Å². The SMILES string of the molecule is CN(Cn1c(=O)oc2ccccc21)[C@H]1CCc2ccccc21. The van der Waals surface area contributed by atoms with Crippen molar-refractivity contribution in [1.82, 2.24) is 9.47 Å². The molecule has 0 saturated carbocycles. The molecular weight excluding hydrogens is 276 g/mol. The molecule has 0 saturated heterocycles. The molecule has 0 amide bonds. The summed E-state index contributed by atoms with van der Waals surface area (Å²) in [6.45, 7) is 0.537. The maximum Gasteiger partial charge on any atom is 0.421 e. The van der Waals surface area contributed by atoms with Crippen molar-refractivity contribution in [1.29, 1.82) is 0 Å². The van der Waals surface area contributed by atoms with Gasteiger partial charge in [-0.25, -0.2) is 4.79 Å². The summed E-state index contributed by atoms with van der Waals surface area (Å²) in [6, 6.07) is 16.5. The Hall–Kier alpha value is -2.33. The molecule has 1 aliphatic carbocycles. The van der Waals surface area contributed by atoms with Crippen LogP contribution in [0, 0.1) is 0 Å². The van der Waals surface area contributed by atoms with Gasteiger partial charge >= 0.3 is 5.76 Å². The number of aromatic nitrogens is 1. The third-order valence-corrected chi connectivity index (χ3v) is 4.57. The quantitative estimate of drug-likeness (QED) is 0.744. The van der Waals surface area contributed by atoms with Gasteiger partial charge in [0.25, 0.3) is 0 Å². The molecule has 0 unspecified atom stereocenters. The van der Waals surface area contributed by atoms with Gasteiger partial charge in [-0.3, -0.25) is 9.47 Å². The molecule has 1 heterocycles. The lowest BCUT2D eigenvalue weighted by molar-refractivity contribution is 0.189. The lowest BCUT2D eigenvalue weighted by atomic mass is 10.1. The molecule has 4 rings (SSSR count). The topological polar surface area (TPSA) is 38.4 Å². The minimum absolute atomic E-state index is 0.292. The first kappa shape index (κ1) is 13.3. The number of hydrogen-bond donors (Lipinski definition) is 0. The van der Waals surface area contributed by atoms with E-state index >= 15 is 0 Å². The van der Waals surface area contributed by atoms with Crippen molar-refractivity contribution in [3.8, 4) is 0 Å². The third-order valence-electron chi connectivity index (χ3n) is 4.57. The second kappa shape index (κ2) is 5.14. The zero-order valence-corrected chi connectivity index (χ0v) is 12.5. The van der Waals surface area contributed by atoms with Crippen molar-refractivity contribution in [3.63, 3.8) is 0 Å². The molecule has 1 aromatic heterocycles. The molecule has 0 aliphatic heterocycles. The highest BCUT2D eigenvalue weighted by Crippen LogP contribution is 2.35. The van der Waals surface area contributed by atoms with E-state index in [9.17, 15) is 4.79 Å². The van der Waals surface area contributed by atoms with Gasteiger partial charge in [0.2, 0.25) is 0 Å². The average molecular weight is 294 g/mol. The monoisotopic (exact) mass is 294 g/mol. The summed E-state index contributed by atoms with van der Waals surface area (Å²) in [6.07, 6.45) is 2.20. The van der Waals surface area contributed by atoms with Gasteiger partial charge in [-0.1, -0.05) is 36.4 Å². The number of rotatable bonds is 3. The Bertz CT molecular complexity index is 878. The van der Waals surface area contributed by atoms with E-state index in [4.69, 9.17) is 4.42 Å². The van der Waals surface area contributed by atoms with Crippen LogP contribution in [0.4, 0.5) is 0 Å². The summed E-state index contributed by atoms with van der Waals surface area (Å²) < 4.78 is 7.02. The second-order valence-corrected chi connectivity index (χ2v) is 5.92. The van der Waals surface area contributed by atoms with Crippen LogP contribution >= 0.6 is 0 Å². The van der Waals surface area contributed by atoms with Gasteiger partial charge in [0.05, 0.1) is 12.2 Å². The molecule has 0 bridgehead atoms. The van der Waals surface area contributed by atoms with Crippen molar-refractivity contribution >= 4 is 11.1 Å². The predicted octanol–water partition coefficient (Wildman–Crippen LogP) is 3.17. The molecule has 0 fully saturated rings. The second-order valence-electron chi connectivity index (χ2n) is 5.92. The lowest BCUT2D eigenvalue weighted by Crippen LogP contribution is -2.30. The maximum absolute atomic E-state index is 12.1. The molecule has 1 atom stereocenters. The fourth-order valence-corrected chi connectivity index (χ4v) is 3.46. The molecule has 4 heteroatoms. The van der Waals surface area contributed by atoms with Crippen LogP contribution in [-0.4, -0.2) is 16.5 Å². The Morgan fingerprint density at radius 2 is 1.95 bits per heavy atom. The van der Waals surface area contributed by atoms with Gasteiger partial charge in [0.15, 0.2) is 5.58 Å². The summed E-state index contributed by atoms with van der Waals surface area (Å²) in [5, 5.41) is 0. The number of fused-ring (bicyclic) bond motifs is 2. The first-order chi connectivity index (χ1) is 10.7. The van der Waals surface area contributed by atoms with Gasteiger partial charge in [0, 0.05) is 6.04 Å². The van der Waals surface area contributed by atoms with Crippen molar-refractivity contribution in [2.24, 2.45) is 0 Å². The van der Waals surface area contributed by atoms with E-state index in [2.05, 4.69) is 36.2 Å². The highest BCUT2D eigenvalue weighted by Gasteiger charge is 2.26. The first-order valence-corrected chi connectivity index (χ1v) is 7.60. The van der Waals surface area contributed by atoms with Gasteiger partial charge in [0.1, 0.15) is 0 Å². The standard InChI is InChI=1S/C18H18N2O2/c1-19(15-11-10-13-6-2-3-7-14(13)15)12-20-16-8-4-5-9-17(16)22-18(20)21/h2-9,15H,10-12H2,1H3/t15-/m0/s1. The summed E-state index contributed by atoms with van der Waals surface area (Å²) >= 11 is 0. The number of nitrogens with zero attached hydrogens (tertiary/aromatic N) is 2. The number of oxazole rings is 1. The smallest absolute Gasteiger partial charge is 0.408 e. The number of para-hydroxylation sites is 2. The van der Waals surface area contributed by atoms with E-state index in [1.165, 1.54) is 11.1 Å². The largest absolute Gasteiger partial charge is 0.421 e. The molecule has 0 N–H and O–H groups in total. The number of benzene rings is 2. The normalized spacial score (nSPS) is 17.3. The van der Waals surface area contributed by atoms with Crippen molar-refractivity contribution in [2.75, 3.05) is 7.05 Å². The molecule has 1 aliphatic rings. The zero-order valence-electron chi connectivity index (χ0n) is 12.5. The van der Waals surface area contributed by atoms with E-state index in [0.717, 1.165) is 18.4 Å². The van der Waals surface area contributed by atoms with Gasteiger partial charge in [-0.2, -0.15) is 0 Å². The van der Waals surface area contributed by atoms with E-state index in [1.54, 1.807) is 4.57 Å². The van der Waals surface area contributed by atoms with Crippen LogP contribution in [0.2, 0.25) is 0 Å². The minimum atomic E-state index is -0.292. The molecular formula is C18H18N2O2. The van der Waals surface area contributed by atoms with Crippen LogP contribution in [-0.2, 0) is 13.1 Å². The van der Waals surface area contributed by atoms with Crippen molar-refractivity contribution in [2.45, 2.75) is 25.6 Å². The molecule has 112 valence electrons. The van der Waals surface area contributed by atoms with E-state index in [1.807, 2.05) is 24.3 Å². The molecule has 0 radical (unpaired) electrons. The molecule has 4 nitrogen and oxygen atoms in total. The van der Waals surface area contributed by atoms with Gasteiger partial charge in [-0.15, -0.1) is 0 Å². The highest BCUT2D eigenvalue weighted by atomic mass is 16.4. The maximum atomic E-state index is 12.1. The zero-order chi connectivity index (χ0) is 15.1. The fourth-order valence-electron chi connectivity index (χ4n) is 3.46. The predicted molar refractivity (Wildman–Crippen MR) is 85.7 cm³/mol. The van der Waals surface area contributed by atoms with Crippen LogP contribution in [0.3, 0.4) is 0 Å². The summed E-state index contributed by atoms with van der Waals surface area (Å²) in [7, 11) is 2.07. The lowest BCUT2D eigenvalue weighted by Gasteiger charge is -2.25. The Balaban J connectivity index is 1.66. The van der Waals surface area contributed by atoms with Gasteiger partial charge in [-0.05, 0) is 43.1 Å². The summed E-state index contributed by atoms with van der Waals surface area (Å²) in [5.74, 6) is -0.292. The summed E-state index contributed by atoms with van der Waals surface area (Å²) in [4.78, 5) is 14.3. The Morgan fingerprint density at radius 1 is 1.18 bits per heavy atom. The van der Waals surface area contributed by atoms with E-state index < -0.39 is 0 Å². The van der Waals surface area contributed by atoms with E-state index in [-0.39, 0.29) is 5.76 Å². The molecule has 0 spiro atoms. The third kappa shape index (κ3) is 2.07. The summed E-state index contributed by atoms with van der Waals surface area (Å²) in [5.41, 5.74) is 4.30. The average Bonchev–Trinajstić information content (AvgIpc) is 3.09. The fraction of sp³-hybridized carbons (Fsp3) is 0.278. The van der Waals surface area contributed by atoms with Gasteiger partial charge < -0.3 is 4.42 Å². The number of aryl methyl sites for hydroxylation is 1. The van der Waals surface area contributed by atoms with Crippen molar-refractivity contribution in [3.05, 3.63) is 70.2 Å². The van der Waals surface area contributed by atoms with Crippen LogP contribution < -0.4 is 5.76 Å². The molecule has 3 aromatic rings. The Kier molecular flexibility index (Phi) is 3.12. The van der Waals surface area contributed by atoms with Crippen molar-refractivity contribution < 1.29 is 4.42 Å². The molecule has 22 heavy (non-hydrogen) atoms. The molecule has 2 aromatic carbocycles. The van der Waals surface area contributed by atoms with Crippen LogP contribution in [0.15, 0.2) is 57.7 Å². The van der Waals surface area contributed by atoms with Crippen LogP contribution in [0.1, 0.15) is 23.6 Å².